The van der Waals surface area contributed by atoms with Crippen LogP contribution in [0.1, 0.15) is 19.4 Å². The third-order valence-electron chi connectivity index (χ3n) is 2.14. The van der Waals surface area contributed by atoms with Crippen LogP contribution in [0, 0.1) is 0 Å². The van der Waals surface area contributed by atoms with Crippen molar-refractivity contribution in [3.05, 3.63) is 28.8 Å². The van der Waals surface area contributed by atoms with Crippen LogP contribution in [0.15, 0.2) is 18.2 Å². The summed E-state index contributed by atoms with van der Waals surface area (Å²) in [6, 6.07) is 3.55. The van der Waals surface area contributed by atoms with E-state index in [0.29, 0.717) is 10.7 Å². The molecule has 2 N–H and O–H groups in total. The van der Waals surface area contributed by atoms with Crippen LogP contribution in [0.5, 0.6) is 5.75 Å². The number of hydrogen-bond acceptors (Lipinski definition) is 2. The minimum Gasteiger partial charge on any atom is -0.481 e. The highest BCUT2D eigenvalue weighted by Gasteiger charge is 2.23. The van der Waals surface area contributed by atoms with Gasteiger partial charge in [-0.15, -0.1) is 0 Å². The van der Waals surface area contributed by atoms with E-state index in [1.165, 1.54) is 0 Å². The Hall–Kier alpha value is -1.15. The van der Waals surface area contributed by atoms with Crippen LogP contribution in [-0.2, 0) is 0 Å². The molecule has 1 heterocycles. The van der Waals surface area contributed by atoms with E-state index in [9.17, 15) is 0 Å². The molecule has 1 aliphatic rings. The van der Waals surface area contributed by atoms with E-state index in [2.05, 4.69) is 0 Å². The Balaban J connectivity index is 2.56. The van der Waals surface area contributed by atoms with Gasteiger partial charge in [-0.3, -0.25) is 0 Å². The van der Waals surface area contributed by atoms with Gasteiger partial charge in [-0.2, -0.15) is 0 Å². The fraction of sp³-hybridized carbons (Fsp3) is 0.273. The third-order valence-corrected chi connectivity index (χ3v) is 2.36. The van der Waals surface area contributed by atoms with Crippen molar-refractivity contribution in [2.24, 2.45) is 0 Å². The summed E-state index contributed by atoms with van der Waals surface area (Å²) in [5.41, 5.74) is 7.05. The van der Waals surface area contributed by atoms with Crippen LogP contribution in [0.3, 0.4) is 0 Å². The van der Waals surface area contributed by atoms with Crippen molar-refractivity contribution in [2.75, 3.05) is 5.73 Å². The molecule has 14 heavy (non-hydrogen) atoms. The maximum absolute atomic E-state index is 5.88. The standard InChI is InChI=1S/C11H12ClNO/c1-11(2)4-3-7-5-8(12)6-9(13)10(7)14-11/h3-6H,13H2,1-2H3. The van der Waals surface area contributed by atoms with Gasteiger partial charge in [0.1, 0.15) is 5.60 Å². The highest BCUT2D eigenvalue weighted by Crippen LogP contribution is 2.37. The molecule has 0 fully saturated rings. The van der Waals surface area contributed by atoms with Crippen molar-refractivity contribution in [3.8, 4) is 5.75 Å². The maximum Gasteiger partial charge on any atom is 0.150 e. The van der Waals surface area contributed by atoms with Gasteiger partial charge in [0.05, 0.1) is 5.69 Å². The lowest BCUT2D eigenvalue weighted by molar-refractivity contribution is 0.160. The van der Waals surface area contributed by atoms with Gasteiger partial charge < -0.3 is 10.5 Å². The number of benzene rings is 1. The molecule has 0 saturated carbocycles. The first-order valence-electron chi connectivity index (χ1n) is 4.45. The Bertz CT molecular complexity index is 410. The number of rotatable bonds is 0. The van der Waals surface area contributed by atoms with Crippen LogP contribution >= 0.6 is 11.6 Å². The molecule has 0 aliphatic carbocycles. The van der Waals surface area contributed by atoms with Crippen LogP contribution in [-0.4, -0.2) is 5.60 Å². The molecular formula is C11H12ClNO. The van der Waals surface area contributed by atoms with Crippen LogP contribution in [0.25, 0.3) is 6.08 Å². The van der Waals surface area contributed by atoms with E-state index < -0.39 is 0 Å². The normalized spacial score (nSPS) is 17.4. The van der Waals surface area contributed by atoms with E-state index in [0.717, 1.165) is 11.3 Å². The Morgan fingerprint density at radius 1 is 1.36 bits per heavy atom. The molecule has 0 atom stereocenters. The third kappa shape index (κ3) is 1.58. The quantitative estimate of drug-likeness (QED) is 0.667. The van der Waals surface area contributed by atoms with E-state index in [1.54, 1.807) is 6.07 Å². The van der Waals surface area contributed by atoms with Crippen LogP contribution < -0.4 is 10.5 Å². The number of nitrogen functional groups attached to an aromatic ring is 1. The molecule has 0 radical (unpaired) electrons. The van der Waals surface area contributed by atoms with Gasteiger partial charge in [-0.25, -0.2) is 0 Å². The summed E-state index contributed by atoms with van der Waals surface area (Å²) in [7, 11) is 0. The number of anilines is 1. The summed E-state index contributed by atoms with van der Waals surface area (Å²) in [6.07, 6.45) is 3.98. The Morgan fingerprint density at radius 2 is 2.07 bits per heavy atom. The van der Waals surface area contributed by atoms with Crippen molar-refractivity contribution in [1.29, 1.82) is 0 Å². The predicted octanol–water partition coefficient (Wildman–Crippen LogP) is 3.11. The first-order valence-corrected chi connectivity index (χ1v) is 4.83. The predicted molar refractivity (Wildman–Crippen MR) is 59.6 cm³/mol. The molecule has 0 amide bonds. The Labute approximate surface area is 88.3 Å². The SMILES string of the molecule is CC1(C)C=Cc2cc(Cl)cc(N)c2O1. The summed E-state index contributed by atoms with van der Waals surface area (Å²) in [4.78, 5) is 0. The lowest BCUT2D eigenvalue weighted by atomic mass is 10.0. The molecule has 74 valence electrons. The maximum atomic E-state index is 5.88. The molecule has 1 aliphatic heterocycles. The average Bonchev–Trinajstić information content (AvgIpc) is 2.06. The van der Waals surface area contributed by atoms with Gasteiger partial charge in [0.2, 0.25) is 0 Å². The highest BCUT2D eigenvalue weighted by molar-refractivity contribution is 6.31. The second-order valence-electron chi connectivity index (χ2n) is 3.95. The number of halogens is 1. The Kier molecular flexibility index (Phi) is 1.96. The minimum atomic E-state index is -0.297. The molecule has 1 aromatic rings. The number of fused-ring (bicyclic) bond motifs is 1. The van der Waals surface area contributed by atoms with Crippen molar-refractivity contribution < 1.29 is 4.74 Å². The van der Waals surface area contributed by atoms with Crippen molar-refractivity contribution in [2.45, 2.75) is 19.4 Å². The zero-order chi connectivity index (χ0) is 10.3. The highest BCUT2D eigenvalue weighted by atomic mass is 35.5. The molecule has 0 spiro atoms. The van der Waals surface area contributed by atoms with Gasteiger partial charge in [0.15, 0.2) is 5.75 Å². The van der Waals surface area contributed by atoms with Gasteiger partial charge in [0.25, 0.3) is 0 Å². The second-order valence-corrected chi connectivity index (χ2v) is 4.39. The number of hydrogen-bond donors (Lipinski definition) is 1. The first kappa shape index (κ1) is 9.41. The molecule has 0 unspecified atom stereocenters. The summed E-state index contributed by atoms with van der Waals surface area (Å²) >= 11 is 5.88. The average molecular weight is 210 g/mol. The van der Waals surface area contributed by atoms with Gasteiger partial charge in [0, 0.05) is 10.6 Å². The number of ether oxygens (including phenoxy) is 1. The minimum absolute atomic E-state index is 0.297. The largest absolute Gasteiger partial charge is 0.481 e. The second kappa shape index (κ2) is 2.92. The van der Waals surface area contributed by atoms with E-state index in [4.69, 9.17) is 22.1 Å². The molecule has 2 rings (SSSR count). The van der Waals surface area contributed by atoms with Crippen molar-refractivity contribution >= 4 is 23.4 Å². The van der Waals surface area contributed by atoms with Gasteiger partial charge in [-0.05, 0) is 32.1 Å². The fourth-order valence-corrected chi connectivity index (χ4v) is 1.70. The zero-order valence-electron chi connectivity index (χ0n) is 8.17. The first-order chi connectivity index (χ1) is 6.48. The van der Waals surface area contributed by atoms with E-state index in [-0.39, 0.29) is 5.60 Å². The summed E-state index contributed by atoms with van der Waals surface area (Å²) in [6.45, 7) is 3.97. The molecule has 0 aromatic heterocycles. The van der Waals surface area contributed by atoms with Crippen LogP contribution in [0.4, 0.5) is 5.69 Å². The van der Waals surface area contributed by atoms with E-state index in [1.807, 2.05) is 32.1 Å². The summed E-state index contributed by atoms with van der Waals surface area (Å²) in [5, 5.41) is 0.634. The van der Waals surface area contributed by atoms with Crippen LogP contribution in [0.2, 0.25) is 5.02 Å². The molecule has 0 saturated heterocycles. The molecule has 2 nitrogen and oxygen atoms in total. The van der Waals surface area contributed by atoms with Gasteiger partial charge in [-0.1, -0.05) is 17.7 Å². The summed E-state index contributed by atoms with van der Waals surface area (Å²) < 4.78 is 5.73. The molecular weight excluding hydrogens is 198 g/mol. The van der Waals surface area contributed by atoms with E-state index >= 15 is 0 Å². The van der Waals surface area contributed by atoms with Gasteiger partial charge >= 0.3 is 0 Å². The van der Waals surface area contributed by atoms with Crippen molar-refractivity contribution in [1.82, 2.24) is 0 Å². The smallest absolute Gasteiger partial charge is 0.150 e. The molecule has 0 bridgehead atoms. The zero-order valence-corrected chi connectivity index (χ0v) is 8.93. The van der Waals surface area contributed by atoms with Crippen molar-refractivity contribution in [3.63, 3.8) is 0 Å². The lowest BCUT2D eigenvalue weighted by Crippen LogP contribution is -2.28. The Morgan fingerprint density at radius 3 is 2.79 bits per heavy atom. The fourth-order valence-electron chi connectivity index (χ4n) is 1.47. The number of nitrogens with two attached hydrogens (primary N) is 1. The summed E-state index contributed by atoms with van der Waals surface area (Å²) in [5.74, 6) is 0.724. The topological polar surface area (TPSA) is 35.2 Å². The molecule has 1 aromatic carbocycles. The molecule has 3 heteroatoms. The monoisotopic (exact) mass is 209 g/mol. The lowest BCUT2D eigenvalue weighted by Gasteiger charge is -2.28.